The fourth-order valence-corrected chi connectivity index (χ4v) is 4.01. The lowest BCUT2D eigenvalue weighted by Gasteiger charge is -2.12. The standard InChI is InChI=1S/C25H21ClN4O5/c1-13-4-6-17(26)10-18(13)27-21(31)11-30-15(3)8-14(2)22(25(30)32)24-28-23(29-35-24)16-5-7-19-20(9-16)34-12-33-19/h4-10H,2,11-12H2,1,3H3,(H,27,31)(H,28,29). The van der Waals surface area contributed by atoms with Crippen molar-refractivity contribution in [3.8, 4) is 11.5 Å². The van der Waals surface area contributed by atoms with Crippen molar-refractivity contribution in [2.75, 3.05) is 12.1 Å². The van der Waals surface area contributed by atoms with E-state index in [1.165, 1.54) is 4.57 Å². The van der Waals surface area contributed by atoms with Gasteiger partial charge in [0.2, 0.25) is 12.7 Å². The van der Waals surface area contributed by atoms with Crippen molar-refractivity contribution in [3.63, 3.8) is 0 Å². The molecule has 1 aromatic heterocycles. The highest BCUT2D eigenvalue weighted by molar-refractivity contribution is 6.31. The number of hydrogen-bond donors (Lipinski definition) is 2. The largest absolute Gasteiger partial charge is 0.454 e. The quantitative estimate of drug-likeness (QED) is 0.577. The molecule has 2 N–H and O–H groups in total. The van der Waals surface area contributed by atoms with Gasteiger partial charge in [-0.1, -0.05) is 24.2 Å². The maximum absolute atomic E-state index is 13.4. The summed E-state index contributed by atoms with van der Waals surface area (Å²) < 4.78 is 12.1. The first-order chi connectivity index (χ1) is 16.8. The fraction of sp³-hybridized carbons (Fsp3) is 0.160. The predicted molar refractivity (Wildman–Crippen MR) is 132 cm³/mol. The number of fused-ring (bicyclic) bond motifs is 1. The van der Waals surface area contributed by atoms with E-state index in [1.54, 1.807) is 43.3 Å². The molecule has 2 aliphatic rings. The molecule has 9 nitrogen and oxygen atoms in total. The van der Waals surface area contributed by atoms with Crippen LogP contribution in [0.15, 0.2) is 52.3 Å². The highest BCUT2D eigenvalue weighted by atomic mass is 35.5. The van der Waals surface area contributed by atoms with E-state index in [1.807, 2.05) is 13.0 Å². The zero-order valence-electron chi connectivity index (χ0n) is 19.0. The number of hydrogen-bond acceptors (Lipinski definition) is 7. The van der Waals surface area contributed by atoms with Gasteiger partial charge in [-0.25, -0.2) is 5.48 Å². The first-order valence-electron chi connectivity index (χ1n) is 10.7. The van der Waals surface area contributed by atoms with E-state index in [-0.39, 0.29) is 30.3 Å². The van der Waals surface area contributed by atoms with E-state index in [0.29, 0.717) is 44.5 Å². The first-order valence-corrected chi connectivity index (χ1v) is 11.1. The molecule has 0 fully saturated rings. The van der Waals surface area contributed by atoms with Crippen LogP contribution in [-0.4, -0.2) is 23.1 Å². The van der Waals surface area contributed by atoms with Crippen LogP contribution in [0.3, 0.4) is 0 Å². The highest BCUT2D eigenvalue weighted by Crippen LogP contribution is 2.33. The minimum atomic E-state index is -0.444. The number of benzene rings is 2. The lowest BCUT2D eigenvalue weighted by molar-refractivity contribution is -0.116. The van der Waals surface area contributed by atoms with E-state index in [0.717, 1.165) is 5.56 Å². The molecule has 10 heteroatoms. The molecule has 1 amide bonds. The van der Waals surface area contributed by atoms with Crippen molar-refractivity contribution in [3.05, 3.63) is 85.1 Å². The maximum atomic E-state index is 13.4. The fourth-order valence-electron chi connectivity index (χ4n) is 3.84. The van der Waals surface area contributed by atoms with Crippen LogP contribution in [0.4, 0.5) is 5.69 Å². The predicted octanol–water partition coefficient (Wildman–Crippen LogP) is 1.94. The number of amidine groups is 1. The van der Waals surface area contributed by atoms with Crippen LogP contribution in [-0.2, 0) is 16.2 Å². The Hall–Kier alpha value is -4.24. The summed E-state index contributed by atoms with van der Waals surface area (Å²) in [6.07, 6.45) is 0. The number of pyridine rings is 1. The monoisotopic (exact) mass is 492 g/mol. The van der Waals surface area contributed by atoms with Crippen LogP contribution in [0.1, 0.15) is 16.8 Å². The van der Waals surface area contributed by atoms with Crippen LogP contribution in [0, 0.1) is 13.8 Å². The van der Waals surface area contributed by atoms with Crippen LogP contribution in [0.5, 0.6) is 11.5 Å². The normalized spacial score (nSPS) is 15.3. The Morgan fingerprint density at radius 1 is 1.17 bits per heavy atom. The molecular formula is C25H21ClN4O5. The van der Waals surface area contributed by atoms with Gasteiger partial charge in [0.05, 0.1) is 0 Å². The molecule has 0 saturated heterocycles. The summed E-state index contributed by atoms with van der Waals surface area (Å²) in [6.45, 7) is 7.52. The molecule has 0 radical (unpaired) electrons. The number of halogens is 1. The van der Waals surface area contributed by atoms with Crippen molar-refractivity contribution < 1.29 is 19.1 Å². The van der Waals surface area contributed by atoms with Crippen molar-refractivity contribution in [1.29, 1.82) is 0 Å². The second-order valence-corrected chi connectivity index (χ2v) is 8.56. The second kappa shape index (κ2) is 8.84. The van der Waals surface area contributed by atoms with E-state index < -0.39 is 5.56 Å². The number of aryl methyl sites for hydroxylation is 2. The van der Waals surface area contributed by atoms with Gasteiger partial charge in [-0.05, 0) is 61.0 Å². The van der Waals surface area contributed by atoms with Gasteiger partial charge in [0, 0.05) is 22.0 Å². The lowest BCUT2D eigenvalue weighted by Crippen LogP contribution is -2.47. The van der Waals surface area contributed by atoms with E-state index in [2.05, 4.69) is 22.4 Å². The molecule has 178 valence electrons. The zero-order chi connectivity index (χ0) is 24.7. The van der Waals surface area contributed by atoms with Gasteiger partial charge in [-0.2, -0.15) is 4.99 Å². The van der Waals surface area contributed by atoms with E-state index in [9.17, 15) is 9.59 Å². The van der Waals surface area contributed by atoms with Gasteiger partial charge in [-0.3, -0.25) is 9.59 Å². The molecule has 0 atom stereocenters. The number of amides is 1. The summed E-state index contributed by atoms with van der Waals surface area (Å²) in [5.41, 5.74) is 5.00. The summed E-state index contributed by atoms with van der Waals surface area (Å²) >= 11 is 6.04. The minimum absolute atomic E-state index is 0.0625. The molecule has 35 heavy (non-hydrogen) atoms. The Labute approximate surface area is 204 Å². The van der Waals surface area contributed by atoms with Crippen molar-refractivity contribution in [1.82, 2.24) is 10.0 Å². The molecule has 0 unspecified atom stereocenters. The summed E-state index contributed by atoms with van der Waals surface area (Å²) in [7, 11) is 0. The Bertz CT molecular complexity index is 1580. The number of aliphatic imine (C=N–C) groups is 1. The molecule has 0 aliphatic carbocycles. The topological polar surface area (TPSA) is 103 Å². The number of carbonyl (C=O) groups excluding carboxylic acids is 1. The summed E-state index contributed by atoms with van der Waals surface area (Å²) in [5, 5.41) is 3.90. The molecule has 5 rings (SSSR count). The van der Waals surface area contributed by atoms with Crippen LogP contribution >= 0.6 is 11.6 Å². The third kappa shape index (κ3) is 4.33. The average Bonchev–Trinajstić information content (AvgIpc) is 3.48. The number of ether oxygens (including phenoxy) is 2. The Morgan fingerprint density at radius 3 is 2.80 bits per heavy atom. The highest BCUT2D eigenvalue weighted by Gasteiger charge is 2.21. The van der Waals surface area contributed by atoms with Gasteiger partial charge in [-0.15, -0.1) is 0 Å². The van der Waals surface area contributed by atoms with Gasteiger partial charge in [0.15, 0.2) is 17.3 Å². The van der Waals surface area contributed by atoms with Crippen molar-refractivity contribution >= 4 is 41.5 Å². The number of nitrogens with zero attached hydrogens (tertiary/aromatic N) is 2. The lowest BCUT2D eigenvalue weighted by atomic mass is 10.2. The third-order valence-corrected chi connectivity index (χ3v) is 5.92. The Kier molecular flexibility index (Phi) is 5.70. The van der Waals surface area contributed by atoms with Crippen LogP contribution < -0.4 is 36.3 Å². The average molecular weight is 493 g/mol. The zero-order valence-corrected chi connectivity index (χ0v) is 19.7. The summed E-state index contributed by atoms with van der Waals surface area (Å²) in [6, 6.07) is 12.3. The molecular weight excluding hydrogens is 472 g/mol. The van der Waals surface area contributed by atoms with Crippen molar-refractivity contribution in [2.24, 2.45) is 4.99 Å². The number of anilines is 1. The molecule has 3 heterocycles. The molecule has 3 aromatic rings. The van der Waals surface area contributed by atoms with Gasteiger partial charge in [0.25, 0.3) is 11.4 Å². The van der Waals surface area contributed by atoms with Crippen LogP contribution in [0.25, 0.3) is 12.5 Å². The number of rotatable bonds is 4. The molecule has 0 spiro atoms. The minimum Gasteiger partial charge on any atom is -0.454 e. The SMILES string of the molecule is C=c1cc(C)n(CC(=O)Nc2cc(Cl)ccc2C)c(=O)c1=C1N=C(c2ccc3c(c2)OCO3)NO1. The number of carbonyl (C=O) groups is 1. The van der Waals surface area contributed by atoms with Gasteiger partial charge >= 0.3 is 0 Å². The van der Waals surface area contributed by atoms with Crippen LogP contribution in [0.2, 0.25) is 5.02 Å². The molecule has 0 saturated carbocycles. The first kappa shape index (κ1) is 22.5. The smallest absolute Gasteiger partial charge is 0.264 e. The molecule has 0 bridgehead atoms. The Balaban J connectivity index is 1.49. The van der Waals surface area contributed by atoms with E-state index in [4.69, 9.17) is 25.9 Å². The maximum Gasteiger partial charge on any atom is 0.264 e. The van der Waals surface area contributed by atoms with Crippen molar-refractivity contribution in [2.45, 2.75) is 20.4 Å². The molecule has 2 aromatic carbocycles. The van der Waals surface area contributed by atoms with Gasteiger partial charge in [0.1, 0.15) is 11.8 Å². The second-order valence-electron chi connectivity index (χ2n) is 8.12. The van der Waals surface area contributed by atoms with E-state index >= 15 is 0 Å². The number of hydroxylamine groups is 1. The summed E-state index contributed by atoms with van der Waals surface area (Å²) in [4.78, 5) is 36.1. The Morgan fingerprint density at radius 2 is 1.97 bits per heavy atom. The van der Waals surface area contributed by atoms with Gasteiger partial charge < -0.3 is 24.2 Å². The third-order valence-electron chi connectivity index (χ3n) is 5.68. The summed E-state index contributed by atoms with van der Waals surface area (Å²) in [5.74, 6) is 1.33. The number of nitrogens with one attached hydrogen (secondary N) is 2. The molecule has 2 aliphatic heterocycles. The number of aromatic nitrogens is 1.